The minimum Gasteiger partial charge on any atom is -0.303 e. The highest BCUT2D eigenvalue weighted by atomic mass is 35.5. The average Bonchev–Trinajstić information content (AvgIpc) is 3.16. The molecule has 1 saturated heterocycles. The van der Waals surface area contributed by atoms with E-state index in [1.165, 1.54) is 12.8 Å². The summed E-state index contributed by atoms with van der Waals surface area (Å²) in [6.45, 7) is 3.93. The van der Waals surface area contributed by atoms with Gasteiger partial charge in [0.15, 0.2) is 0 Å². The number of nitrogens with zero attached hydrogens (tertiary/aromatic N) is 3. The second-order valence-corrected chi connectivity index (χ2v) is 9.17. The summed E-state index contributed by atoms with van der Waals surface area (Å²) in [7, 11) is -3.48. The number of hydrogen-bond donors (Lipinski definition) is 1. The van der Waals surface area contributed by atoms with Crippen molar-refractivity contribution in [3.8, 4) is 0 Å². The number of unbranched alkanes of at least 4 members (excludes halogenated alkanes) is 2. The van der Waals surface area contributed by atoms with Crippen LogP contribution in [0.2, 0.25) is 5.02 Å². The van der Waals surface area contributed by atoms with E-state index in [1.807, 2.05) is 23.1 Å². The summed E-state index contributed by atoms with van der Waals surface area (Å²) in [5.74, 6) is 0. The highest BCUT2D eigenvalue weighted by Gasteiger charge is 2.24. The van der Waals surface area contributed by atoms with Crippen molar-refractivity contribution in [2.24, 2.45) is 0 Å². The fourth-order valence-corrected chi connectivity index (χ4v) is 4.83. The van der Waals surface area contributed by atoms with Crippen molar-refractivity contribution >= 4 is 21.6 Å². The maximum atomic E-state index is 12.5. The SMILES string of the molecule is O=S(=O)(NC1CCN(CCCCCn2cccn2)CC1)c1ccc(Cl)cc1. The molecule has 3 rings (SSSR count). The van der Waals surface area contributed by atoms with Crippen LogP contribution < -0.4 is 4.72 Å². The van der Waals surface area contributed by atoms with Gasteiger partial charge in [0.25, 0.3) is 0 Å². The van der Waals surface area contributed by atoms with Gasteiger partial charge in [0.1, 0.15) is 0 Å². The van der Waals surface area contributed by atoms with Crippen LogP contribution in [0, 0.1) is 0 Å². The molecule has 2 heterocycles. The molecule has 0 spiro atoms. The number of hydrogen-bond acceptors (Lipinski definition) is 4. The van der Waals surface area contributed by atoms with Gasteiger partial charge < -0.3 is 4.90 Å². The standard InChI is InChI=1S/C19H27ClN4O2S/c20-17-5-7-19(8-6-17)27(25,26)22-18-9-15-23(16-10-18)12-2-1-3-13-24-14-4-11-21-24/h4-8,11,14,18,22H,1-3,9-10,12-13,15-16H2. The molecule has 0 atom stereocenters. The first-order chi connectivity index (χ1) is 13.0. The zero-order chi connectivity index (χ0) is 19.1. The summed E-state index contributed by atoms with van der Waals surface area (Å²) in [6.07, 6.45) is 8.99. The maximum Gasteiger partial charge on any atom is 0.240 e. The van der Waals surface area contributed by atoms with Crippen molar-refractivity contribution in [3.05, 3.63) is 47.7 Å². The van der Waals surface area contributed by atoms with Crippen molar-refractivity contribution in [1.82, 2.24) is 19.4 Å². The Morgan fingerprint density at radius 1 is 1.07 bits per heavy atom. The van der Waals surface area contributed by atoms with Crippen LogP contribution in [0.5, 0.6) is 0 Å². The zero-order valence-corrected chi connectivity index (χ0v) is 17.0. The van der Waals surface area contributed by atoms with Gasteiger partial charge in [-0.1, -0.05) is 18.0 Å². The molecule has 1 fully saturated rings. The van der Waals surface area contributed by atoms with Crippen LogP contribution in [0.1, 0.15) is 32.1 Å². The van der Waals surface area contributed by atoms with E-state index in [0.717, 1.165) is 45.4 Å². The van der Waals surface area contributed by atoms with Crippen molar-refractivity contribution < 1.29 is 8.42 Å². The van der Waals surface area contributed by atoms with Crippen LogP contribution in [0.4, 0.5) is 0 Å². The maximum absolute atomic E-state index is 12.5. The first-order valence-corrected chi connectivity index (χ1v) is 11.4. The number of rotatable bonds is 9. The van der Waals surface area contributed by atoms with E-state index in [4.69, 9.17) is 11.6 Å². The predicted molar refractivity (Wildman–Crippen MR) is 107 cm³/mol. The van der Waals surface area contributed by atoms with E-state index in [1.54, 1.807) is 24.3 Å². The van der Waals surface area contributed by atoms with E-state index >= 15 is 0 Å². The Balaban J connectivity index is 1.34. The van der Waals surface area contributed by atoms with Gasteiger partial charge in [-0.05, 0) is 75.6 Å². The predicted octanol–water partition coefficient (Wildman–Crippen LogP) is 3.15. The minimum absolute atomic E-state index is 0.00161. The number of nitrogens with one attached hydrogen (secondary N) is 1. The van der Waals surface area contributed by atoms with Crippen LogP contribution in [-0.2, 0) is 16.6 Å². The summed E-state index contributed by atoms with van der Waals surface area (Å²) >= 11 is 5.83. The molecule has 0 bridgehead atoms. The molecule has 2 aromatic rings. The fraction of sp³-hybridized carbons (Fsp3) is 0.526. The topological polar surface area (TPSA) is 67.2 Å². The Bertz CT molecular complexity index is 786. The van der Waals surface area contributed by atoms with E-state index in [9.17, 15) is 8.42 Å². The van der Waals surface area contributed by atoms with Gasteiger partial charge in [-0.25, -0.2) is 13.1 Å². The smallest absolute Gasteiger partial charge is 0.240 e. The number of piperidine rings is 1. The number of aryl methyl sites for hydroxylation is 1. The number of sulfonamides is 1. The third-order valence-electron chi connectivity index (χ3n) is 4.95. The second kappa shape index (κ2) is 9.68. The molecule has 1 aromatic heterocycles. The lowest BCUT2D eigenvalue weighted by atomic mass is 10.1. The number of halogens is 1. The Hall–Kier alpha value is -1.41. The number of benzene rings is 1. The van der Waals surface area contributed by atoms with Gasteiger partial charge in [0.05, 0.1) is 4.90 Å². The quantitative estimate of drug-likeness (QED) is 0.645. The lowest BCUT2D eigenvalue weighted by Gasteiger charge is -2.32. The molecule has 8 heteroatoms. The van der Waals surface area contributed by atoms with Gasteiger partial charge in [0.2, 0.25) is 10.0 Å². The molecule has 6 nitrogen and oxygen atoms in total. The molecule has 0 unspecified atom stereocenters. The third-order valence-corrected chi connectivity index (χ3v) is 6.74. The molecule has 1 aliphatic heterocycles. The molecule has 0 amide bonds. The van der Waals surface area contributed by atoms with Gasteiger partial charge in [-0.2, -0.15) is 5.10 Å². The van der Waals surface area contributed by atoms with Gasteiger partial charge >= 0.3 is 0 Å². The molecule has 0 aliphatic carbocycles. The van der Waals surface area contributed by atoms with Crippen molar-refractivity contribution in [2.45, 2.75) is 49.6 Å². The second-order valence-electron chi connectivity index (χ2n) is 7.02. The monoisotopic (exact) mass is 410 g/mol. The molecule has 0 radical (unpaired) electrons. The number of aromatic nitrogens is 2. The molecule has 148 valence electrons. The lowest BCUT2D eigenvalue weighted by Crippen LogP contribution is -2.44. The highest BCUT2D eigenvalue weighted by molar-refractivity contribution is 7.89. The summed E-state index contributed by atoms with van der Waals surface area (Å²) in [5.41, 5.74) is 0. The summed E-state index contributed by atoms with van der Waals surface area (Å²) in [6, 6.07) is 8.25. The molecule has 1 aromatic carbocycles. The van der Waals surface area contributed by atoms with E-state index in [-0.39, 0.29) is 10.9 Å². The van der Waals surface area contributed by atoms with Crippen molar-refractivity contribution in [3.63, 3.8) is 0 Å². The zero-order valence-electron chi connectivity index (χ0n) is 15.4. The van der Waals surface area contributed by atoms with Gasteiger partial charge in [0, 0.05) is 30.0 Å². The van der Waals surface area contributed by atoms with Crippen molar-refractivity contribution in [1.29, 1.82) is 0 Å². The van der Waals surface area contributed by atoms with Crippen LogP contribution >= 0.6 is 11.6 Å². The Labute approximate surface area is 166 Å². The average molecular weight is 411 g/mol. The normalized spacial score (nSPS) is 16.6. The summed E-state index contributed by atoms with van der Waals surface area (Å²) < 4.78 is 29.7. The summed E-state index contributed by atoms with van der Waals surface area (Å²) in [4.78, 5) is 2.70. The Morgan fingerprint density at radius 3 is 2.44 bits per heavy atom. The fourth-order valence-electron chi connectivity index (χ4n) is 3.39. The first kappa shape index (κ1) is 20.3. The van der Waals surface area contributed by atoms with E-state index < -0.39 is 10.0 Å². The summed E-state index contributed by atoms with van der Waals surface area (Å²) in [5, 5.41) is 4.75. The van der Waals surface area contributed by atoms with Crippen molar-refractivity contribution in [2.75, 3.05) is 19.6 Å². The molecule has 1 N–H and O–H groups in total. The third kappa shape index (κ3) is 6.31. The van der Waals surface area contributed by atoms with Crippen LogP contribution in [0.15, 0.2) is 47.6 Å². The molecular weight excluding hydrogens is 384 g/mol. The molecule has 0 saturated carbocycles. The largest absolute Gasteiger partial charge is 0.303 e. The molecule has 1 aliphatic rings. The van der Waals surface area contributed by atoms with Gasteiger partial charge in [-0.3, -0.25) is 4.68 Å². The van der Waals surface area contributed by atoms with E-state index in [2.05, 4.69) is 14.7 Å². The Kier molecular flexibility index (Phi) is 7.29. The first-order valence-electron chi connectivity index (χ1n) is 9.51. The highest BCUT2D eigenvalue weighted by Crippen LogP contribution is 2.17. The minimum atomic E-state index is -3.48. The van der Waals surface area contributed by atoms with E-state index in [0.29, 0.717) is 5.02 Å². The van der Waals surface area contributed by atoms with Crippen LogP contribution in [-0.4, -0.2) is 48.8 Å². The van der Waals surface area contributed by atoms with Crippen LogP contribution in [0.3, 0.4) is 0 Å². The Morgan fingerprint density at radius 2 is 1.78 bits per heavy atom. The lowest BCUT2D eigenvalue weighted by molar-refractivity contribution is 0.203. The number of likely N-dealkylation sites (tertiary alicyclic amines) is 1. The van der Waals surface area contributed by atoms with Gasteiger partial charge in [-0.15, -0.1) is 0 Å². The molecule has 27 heavy (non-hydrogen) atoms. The van der Waals surface area contributed by atoms with Crippen LogP contribution in [0.25, 0.3) is 0 Å². The molecular formula is C19H27ClN4O2S.